The zero-order valence-electron chi connectivity index (χ0n) is 12.4. The first-order valence-electron chi connectivity index (χ1n) is 6.48. The highest BCUT2D eigenvalue weighted by Crippen LogP contribution is 2.27. The number of carbonyl (C=O) groups excluding carboxylic acids is 1. The van der Waals surface area contributed by atoms with Crippen molar-refractivity contribution in [2.75, 3.05) is 0 Å². The van der Waals surface area contributed by atoms with E-state index in [1.807, 2.05) is 31.2 Å². The lowest BCUT2D eigenvalue weighted by atomic mass is 9.81. The number of benzene rings is 1. The summed E-state index contributed by atoms with van der Waals surface area (Å²) in [6.45, 7) is 12.7. The number of aryl methyl sites for hydroxylation is 1. The normalized spacial score (nSPS) is 12.3. The Hall–Kier alpha value is -1.31. The number of rotatable bonds is 3. The second kappa shape index (κ2) is 5.13. The second-order valence-corrected chi connectivity index (χ2v) is 6.94. The van der Waals surface area contributed by atoms with Crippen LogP contribution in [-0.2, 0) is 0 Å². The van der Waals surface area contributed by atoms with Gasteiger partial charge >= 0.3 is 0 Å². The molecule has 1 aromatic carbocycles. The molecule has 1 amide bonds. The van der Waals surface area contributed by atoms with Gasteiger partial charge in [0.2, 0.25) is 0 Å². The summed E-state index contributed by atoms with van der Waals surface area (Å²) in [5.74, 6) is 0.00736. The van der Waals surface area contributed by atoms with E-state index >= 15 is 0 Å². The summed E-state index contributed by atoms with van der Waals surface area (Å²) >= 11 is 0. The van der Waals surface area contributed by atoms with Crippen molar-refractivity contribution in [2.24, 2.45) is 5.41 Å². The predicted molar refractivity (Wildman–Crippen MR) is 76.8 cm³/mol. The van der Waals surface area contributed by atoms with E-state index in [9.17, 15) is 4.79 Å². The molecule has 1 aromatic rings. The smallest absolute Gasteiger partial charge is 0.251 e. The van der Waals surface area contributed by atoms with Crippen LogP contribution in [0.25, 0.3) is 0 Å². The topological polar surface area (TPSA) is 29.1 Å². The maximum atomic E-state index is 12.2. The van der Waals surface area contributed by atoms with Gasteiger partial charge in [-0.25, -0.2) is 0 Å². The standard InChI is InChI=1S/C16H25NO/c1-12-8-7-9-13(10-12)14(18)17-16(5,6)11-15(2,3)4/h7-10H,11H2,1-6H3,(H,17,18). The molecule has 0 atom stereocenters. The number of nitrogens with one attached hydrogen (secondary N) is 1. The van der Waals surface area contributed by atoms with Crippen molar-refractivity contribution < 1.29 is 4.79 Å². The van der Waals surface area contributed by atoms with E-state index in [1.54, 1.807) is 0 Å². The Labute approximate surface area is 111 Å². The Kier molecular flexibility index (Phi) is 4.20. The van der Waals surface area contributed by atoms with E-state index in [0.717, 1.165) is 17.5 Å². The third-order valence-corrected chi connectivity index (χ3v) is 2.70. The molecule has 100 valence electrons. The van der Waals surface area contributed by atoms with E-state index in [-0.39, 0.29) is 16.9 Å². The van der Waals surface area contributed by atoms with Crippen molar-refractivity contribution in [1.82, 2.24) is 5.32 Å². The van der Waals surface area contributed by atoms with Crippen LogP contribution in [0.15, 0.2) is 24.3 Å². The average Bonchev–Trinajstić information content (AvgIpc) is 2.12. The molecule has 1 rings (SSSR count). The molecule has 0 aliphatic carbocycles. The fraction of sp³-hybridized carbons (Fsp3) is 0.562. The SMILES string of the molecule is Cc1cccc(C(=O)NC(C)(C)CC(C)(C)C)c1. The first-order chi connectivity index (χ1) is 8.09. The molecule has 0 heterocycles. The van der Waals surface area contributed by atoms with Crippen molar-refractivity contribution in [1.29, 1.82) is 0 Å². The first-order valence-corrected chi connectivity index (χ1v) is 6.48. The summed E-state index contributed by atoms with van der Waals surface area (Å²) in [7, 11) is 0. The van der Waals surface area contributed by atoms with Gasteiger partial charge in [-0.1, -0.05) is 38.5 Å². The molecule has 0 saturated carbocycles. The van der Waals surface area contributed by atoms with Gasteiger partial charge in [0, 0.05) is 11.1 Å². The van der Waals surface area contributed by atoms with Crippen LogP contribution < -0.4 is 5.32 Å². The van der Waals surface area contributed by atoms with Gasteiger partial charge in [-0.2, -0.15) is 0 Å². The van der Waals surface area contributed by atoms with Gasteiger partial charge in [0.05, 0.1) is 0 Å². The van der Waals surface area contributed by atoms with Crippen LogP contribution in [0, 0.1) is 12.3 Å². The van der Waals surface area contributed by atoms with Gasteiger partial charge in [-0.15, -0.1) is 0 Å². The van der Waals surface area contributed by atoms with Gasteiger partial charge < -0.3 is 5.32 Å². The Morgan fingerprint density at radius 3 is 2.28 bits per heavy atom. The lowest BCUT2D eigenvalue weighted by Crippen LogP contribution is -2.45. The molecule has 0 fully saturated rings. The van der Waals surface area contributed by atoms with Gasteiger partial charge in [0.15, 0.2) is 0 Å². The summed E-state index contributed by atoms with van der Waals surface area (Å²) in [5.41, 5.74) is 1.84. The van der Waals surface area contributed by atoms with Crippen molar-refractivity contribution in [3.63, 3.8) is 0 Å². The summed E-state index contributed by atoms with van der Waals surface area (Å²) in [5, 5.41) is 3.12. The Morgan fingerprint density at radius 2 is 1.78 bits per heavy atom. The summed E-state index contributed by atoms with van der Waals surface area (Å²) < 4.78 is 0. The quantitative estimate of drug-likeness (QED) is 0.861. The van der Waals surface area contributed by atoms with Crippen molar-refractivity contribution in [3.05, 3.63) is 35.4 Å². The highest BCUT2D eigenvalue weighted by Gasteiger charge is 2.27. The van der Waals surface area contributed by atoms with Gasteiger partial charge in [-0.05, 0) is 44.7 Å². The second-order valence-electron chi connectivity index (χ2n) is 6.94. The Bertz CT molecular complexity index is 427. The van der Waals surface area contributed by atoms with Crippen LogP contribution in [0.5, 0.6) is 0 Å². The third-order valence-electron chi connectivity index (χ3n) is 2.70. The van der Waals surface area contributed by atoms with E-state index in [2.05, 4.69) is 39.9 Å². The van der Waals surface area contributed by atoms with Crippen LogP contribution in [-0.4, -0.2) is 11.4 Å². The molecule has 0 aliphatic heterocycles. The minimum atomic E-state index is -0.195. The monoisotopic (exact) mass is 247 g/mol. The third kappa shape index (κ3) is 4.91. The number of carbonyl (C=O) groups is 1. The molecule has 0 radical (unpaired) electrons. The molecule has 0 saturated heterocycles. The molecular formula is C16H25NO. The lowest BCUT2D eigenvalue weighted by Gasteiger charge is -2.33. The summed E-state index contributed by atoms with van der Waals surface area (Å²) in [4.78, 5) is 12.2. The van der Waals surface area contributed by atoms with Crippen LogP contribution in [0.4, 0.5) is 0 Å². The van der Waals surface area contributed by atoms with E-state index in [4.69, 9.17) is 0 Å². The zero-order valence-corrected chi connectivity index (χ0v) is 12.4. The molecule has 0 spiro atoms. The van der Waals surface area contributed by atoms with Crippen LogP contribution in [0.1, 0.15) is 57.0 Å². The zero-order chi connectivity index (χ0) is 14.0. The average molecular weight is 247 g/mol. The molecule has 2 heteroatoms. The highest BCUT2D eigenvalue weighted by atomic mass is 16.1. The highest BCUT2D eigenvalue weighted by molar-refractivity contribution is 5.94. The number of amides is 1. The van der Waals surface area contributed by atoms with E-state index in [0.29, 0.717) is 0 Å². The molecular weight excluding hydrogens is 222 g/mol. The maximum absolute atomic E-state index is 12.2. The first kappa shape index (κ1) is 14.7. The minimum absolute atomic E-state index is 0.00736. The predicted octanol–water partition coefficient (Wildman–Crippen LogP) is 3.94. The van der Waals surface area contributed by atoms with Gasteiger partial charge in [0.25, 0.3) is 5.91 Å². The van der Waals surface area contributed by atoms with Crippen LogP contribution >= 0.6 is 0 Å². The lowest BCUT2D eigenvalue weighted by molar-refractivity contribution is 0.0891. The van der Waals surface area contributed by atoms with Gasteiger partial charge in [-0.3, -0.25) is 4.79 Å². The van der Waals surface area contributed by atoms with Crippen LogP contribution in [0.3, 0.4) is 0 Å². The van der Waals surface area contributed by atoms with Crippen molar-refractivity contribution in [3.8, 4) is 0 Å². The maximum Gasteiger partial charge on any atom is 0.251 e. The molecule has 0 bridgehead atoms. The Balaban J connectivity index is 2.75. The van der Waals surface area contributed by atoms with Gasteiger partial charge in [0.1, 0.15) is 0 Å². The molecule has 18 heavy (non-hydrogen) atoms. The molecule has 1 N–H and O–H groups in total. The largest absolute Gasteiger partial charge is 0.347 e. The minimum Gasteiger partial charge on any atom is -0.347 e. The van der Waals surface area contributed by atoms with E-state index < -0.39 is 0 Å². The van der Waals surface area contributed by atoms with Crippen molar-refractivity contribution >= 4 is 5.91 Å². The number of hydrogen-bond donors (Lipinski definition) is 1. The van der Waals surface area contributed by atoms with Crippen molar-refractivity contribution in [2.45, 2.75) is 53.5 Å². The Morgan fingerprint density at radius 1 is 1.17 bits per heavy atom. The molecule has 0 aliphatic rings. The number of hydrogen-bond acceptors (Lipinski definition) is 1. The van der Waals surface area contributed by atoms with E-state index in [1.165, 1.54) is 0 Å². The fourth-order valence-corrected chi connectivity index (χ4v) is 2.54. The van der Waals surface area contributed by atoms with Crippen LogP contribution in [0.2, 0.25) is 0 Å². The summed E-state index contributed by atoms with van der Waals surface area (Å²) in [6, 6.07) is 7.69. The molecule has 0 unspecified atom stereocenters. The fourth-order valence-electron chi connectivity index (χ4n) is 2.54. The molecule has 2 nitrogen and oxygen atoms in total. The summed E-state index contributed by atoms with van der Waals surface area (Å²) in [6.07, 6.45) is 0.942. The molecule has 0 aromatic heterocycles.